The fraction of sp³-hybridized carbons (Fsp3) is 0.0500. The van der Waals surface area contributed by atoms with Crippen molar-refractivity contribution in [3.8, 4) is 11.4 Å². The summed E-state index contributed by atoms with van der Waals surface area (Å²) in [5.74, 6) is 0.931. The lowest BCUT2D eigenvalue weighted by Gasteiger charge is -2.10. The Morgan fingerprint density at radius 2 is 1.87 bits per heavy atom. The normalized spacial score (nSPS) is 12.2. The molecule has 3 aromatic rings. The zero-order valence-electron chi connectivity index (χ0n) is 12.9. The molecule has 0 amide bonds. The summed E-state index contributed by atoms with van der Waals surface area (Å²) < 4.78 is 3.24. The number of hydrogen-bond acceptors (Lipinski definition) is 1. The number of imidazole rings is 1. The third-order valence-corrected chi connectivity index (χ3v) is 4.15. The predicted molar refractivity (Wildman–Crippen MR) is 102 cm³/mol. The van der Waals surface area contributed by atoms with Gasteiger partial charge in [-0.2, -0.15) is 0 Å². The minimum Gasteiger partial charge on any atom is -0.293 e. The average molecular weight is 365 g/mol. The van der Waals surface area contributed by atoms with Crippen LogP contribution in [0.1, 0.15) is 6.92 Å². The van der Waals surface area contributed by atoms with Crippen molar-refractivity contribution in [1.82, 2.24) is 9.55 Å². The molecule has 1 heterocycles. The Morgan fingerprint density at radius 3 is 2.57 bits per heavy atom. The summed E-state index contributed by atoms with van der Waals surface area (Å²) in [5, 5.41) is 0. The molecule has 0 saturated carbocycles. The van der Waals surface area contributed by atoms with Gasteiger partial charge in [0.05, 0.1) is 11.0 Å². The van der Waals surface area contributed by atoms with Gasteiger partial charge >= 0.3 is 0 Å². The molecule has 0 saturated heterocycles. The summed E-state index contributed by atoms with van der Waals surface area (Å²) in [5.41, 5.74) is 4.22. The molecule has 0 aliphatic heterocycles. The number of benzene rings is 2. The number of halogens is 1. The number of hydrogen-bond donors (Lipinski definition) is 0. The molecule has 0 bridgehead atoms. The molecule has 1 aromatic heterocycles. The average Bonchev–Trinajstić information content (AvgIpc) is 2.96. The number of nitrogens with zero attached hydrogens (tertiary/aromatic N) is 2. The molecule has 0 aliphatic rings. The molecule has 2 nitrogen and oxygen atoms in total. The van der Waals surface area contributed by atoms with E-state index in [0.717, 1.165) is 32.6 Å². The third kappa shape index (κ3) is 3.06. The SMILES string of the molecule is C=C/C=C\C(=C/C)n1c(-c2ccc(Br)cc2)nc2ccccc21. The lowest BCUT2D eigenvalue weighted by atomic mass is 10.2. The van der Waals surface area contributed by atoms with Gasteiger partial charge in [-0.25, -0.2) is 4.98 Å². The van der Waals surface area contributed by atoms with E-state index >= 15 is 0 Å². The van der Waals surface area contributed by atoms with E-state index in [0.29, 0.717) is 0 Å². The van der Waals surface area contributed by atoms with E-state index in [9.17, 15) is 0 Å². The number of aromatic nitrogens is 2. The number of fused-ring (bicyclic) bond motifs is 1. The highest BCUT2D eigenvalue weighted by molar-refractivity contribution is 9.10. The first-order valence-corrected chi connectivity index (χ1v) is 8.23. The second-order valence-corrected chi connectivity index (χ2v) is 5.99. The number of para-hydroxylation sites is 2. The molecule has 0 radical (unpaired) electrons. The Balaban J connectivity index is 2.29. The Kier molecular flexibility index (Phi) is 4.58. The molecule has 2 aromatic carbocycles. The van der Waals surface area contributed by atoms with Gasteiger partial charge in [0.15, 0.2) is 0 Å². The van der Waals surface area contributed by atoms with Gasteiger partial charge in [0.2, 0.25) is 0 Å². The van der Waals surface area contributed by atoms with Crippen LogP contribution in [0, 0.1) is 0 Å². The minimum absolute atomic E-state index is 0.931. The molecule has 0 unspecified atom stereocenters. The fourth-order valence-corrected chi connectivity index (χ4v) is 2.81. The summed E-state index contributed by atoms with van der Waals surface area (Å²) in [6.07, 6.45) is 7.84. The third-order valence-electron chi connectivity index (χ3n) is 3.62. The molecule has 0 N–H and O–H groups in total. The van der Waals surface area contributed by atoms with Crippen LogP contribution in [-0.2, 0) is 0 Å². The van der Waals surface area contributed by atoms with Crippen molar-refractivity contribution in [3.63, 3.8) is 0 Å². The molecular formula is C20H17BrN2. The smallest absolute Gasteiger partial charge is 0.145 e. The van der Waals surface area contributed by atoms with Crippen molar-refractivity contribution >= 4 is 32.7 Å². The highest BCUT2D eigenvalue weighted by Crippen LogP contribution is 2.29. The highest BCUT2D eigenvalue weighted by Gasteiger charge is 2.13. The molecule has 0 aliphatic carbocycles. The van der Waals surface area contributed by atoms with E-state index in [-0.39, 0.29) is 0 Å². The molecular weight excluding hydrogens is 348 g/mol. The van der Waals surface area contributed by atoms with Crippen LogP contribution in [0.5, 0.6) is 0 Å². The van der Waals surface area contributed by atoms with Gasteiger partial charge in [-0.3, -0.25) is 4.57 Å². The van der Waals surface area contributed by atoms with Crippen LogP contribution >= 0.6 is 15.9 Å². The molecule has 23 heavy (non-hydrogen) atoms. The van der Waals surface area contributed by atoms with Crippen LogP contribution in [0.4, 0.5) is 0 Å². The summed E-state index contributed by atoms with van der Waals surface area (Å²) >= 11 is 3.49. The maximum absolute atomic E-state index is 4.84. The lowest BCUT2D eigenvalue weighted by molar-refractivity contribution is 1.14. The van der Waals surface area contributed by atoms with Crippen molar-refractivity contribution in [1.29, 1.82) is 0 Å². The monoisotopic (exact) mass is 364 g/mol. The van der Waals surface area contributed by atoms with Gasteiger partial charge in [0, 0.05) is 15.7 Å². The topological polar surface area (TPSA) is 17.8 Å². The van der Waals surface area contributed by atoms with Crippen molar-refractivity contribution in [3.05, 3.63) is 83.9 Å². The van der Waals surface area contributed by atoms with Crippen LogP contribution in [0.15, 0.2) is 83.9 Å². The Labute approximate surface area is 144 Å². The summed E-state index contributed by atoms with van der Waals surface area (Å²) in [6, 6.07) is 16.4. The summed E-state index contributed by atoms with van der Waals surface area (Å²) in [7, 11) is 0. The van der Waals surface area contributed by atoms with E-state index in [4.69, 9.17) is 4.98 Å². The Bertz CT molecular complexity index is 899. The predicted octanol–water partition coefficient (Wildman–Crippen LogP) is 6.07. The van der Waals surface area contributed by atoms with E-state index in [1.54, 1.807) is 6.08 Å². The van der Waals surface area contributed by atoms with Gasteiger partial charge < -0.3 is 0 Å². The van der Waals surface area contributed by atoms with Gasteiger partial charge in [0.1, 0.15) is 5.82 Å². The Morgan fingerprint density at radius 1 is 1.13 bits per heavy atom. The first kappa shape index (κ1) is 15.5. The quantitative estimate of drug-likeness (QED) is 0.513. The molecule has 3 rings (SSSR count). The molecule has 0 spiro atoms. The zero-order chi connectivity index (χ0) is 16.2. The summed E-state index contributed by atoms with van der Waals surface area (Å²) in [4.78, 5) is 4.84. The molecule has 114 valence electrons. The van der Waals surface area contributed by atoms with Crippen LogP contribution in [0.2, 0.25) is 0 Å². The van der Waals surface area contributed by atoms with Crippen LogP contribution in [-0.4, -0.2) is 9.55 Å². The second-order valence-electron chi connectivity index (χ2n) is 5.07. The van der Waals surface area contributed by atoms with Crippen molar-refractivity contribution in [2.24, 2.45) is 0 Å². The van der Waals surface area contributed by atoms with Crippen molar-refractivity contribution < 1.29 is 0 Å². The van der Waals surface area contributed by atoms with Crippen LogP contribution in [0.25, 0.3) is 28.1 Å². The minimum atomic E-state index is 0.931. The first-order valence-electron chi connectivity index (χ1n) is 7.44. The maximum atomic E-state index is 4.84. The lowest BCUT2D eigenvalue weighted by Crippen LogP contribution is -1.98. The first-order chi connectivity index (χ1) is 11.2. The van der Waals surface area contributed by atoms with E-state index < -0.39 is 0 Å². The largest absolute Gasteiger partial charge is 0.293 e. The van der Waals surface area contributed by atoms with Crippen LogP contribution in [0.3, 0.4) is 0 Å². The molecule has 0 fully saturated rings. The molecule has 0 atom stereocenters. The van der Waals surface area contributed by atoms with Crippen molar-refractivity contribution in [2.45, 2.75) is 6.92 Å². The highest BCUT2D eigenvalue weighted by atomic mass is 79.9. The number of rotatable bonds is 4. The second kappa shape index (κ2) is 6.80. The van der Waals surface area contributed by atoms with Crippen molar-refractivity contribution in [2.75, 3.05) is 0 Å². The van der Waals surface area contributed by atoms with Crippen LogP contribution < -0.4 is 0 Å². The van der Waals surface area contributed by atoms with Gasteiger partial charge in [-0.05, 0) is 37.3 Å². The van der Waals surface area contributed by atoms with E-state index in [1.165, 1.54) is 0 Å². The van der Waals surface area contributed by atoms with E-state index in [2.05, 4.69) is 51.4 Å². The van der Waals surface area contributed by atoms with Gasteiger partial charge in [0.25, 0.3) is 0 Å². The zero-order valence-corrected chi connectivity index (χ0v) is 14.5. The Hall–Kier alpha value is -2.39. The van der Waals surface area contributed by atoms with Gasteiger partial charge in [-0.1, -0.05) is 65.0 Å². The summed E-state index contributed by atoms with van der Waals surface area (Å²) in [6.45, 7) is 5.79. The maximum Gasteiger partial charge on any atom is 0.145 e. The van der Waals surface area contributed by atoms with E-state index in [1.807, 2.05) is 49.4 Å². The molecule has 3 heteroatoms. The standard InChI is InChI=1S/C20H17BrN2/c1-3-5-8-17(4-2)23-19-10-7-6-9-18(19)22-20(23)15-11-13-16(21)14-12-15/h3-14H,1H2,2H3/b8-5-,17-4+. The number of allylic oxidation sites excluding steroid dienone is 5. The van der Waals surface area contributed by atoms with Gasteiger partial charge in [-0.15, -0.1) is 0 Å². The fourth-order valence-electron chi connectivity index (χ4n) is 2.55.